The molecule has 0 bridgehead atoms. The molecule has 0 heterocycles. The maximum absolute atomic E-state index is 12.4. The van der Waals surface area contributed by atoms with Crippen molar-refractivity contribution in [2.45, 2.75) is 38.1 Å². The van der Waals surface area contributed by atoms with Crippen molar-refractivity contribution < 1.29 is 4.79 Å². The normalized spacial score (nSPS) is 17.8. The van der Waals surface area contributed by atoms with Gasteiger partial charge in [-0.1, -0.05) is 35.2 Å². The standard InChI is InChI=1S/C15H20Br2N2O/c16-11-6-7-13(17)12(8-11)15(20)19-14(9-18)10-4-2-1-3-5-10/h6-8,10,14H,1-5,9,18H2,(H,19,20). The Balaban J connectivity index is 2.06. The van der Waals surface area contributed by atoms with Gasteiger partial charge in [0.25, 0.3) is 5.91 Å². The predicted molar refractivity (Wildman–Crippen MR) is 88.7 cm³/mol. The van der Waals surface area contributed by atoms with E-state index in [0.29, 0.717) is 18.0 Å². The van der Waals surface area contributed by atoms with Crippen LogP contribution in [0.2, 0.25) is 0 Å². The third-order valence-electron chi connectivity index (χ3n) is 3.96. The van der Waals surface area contributed by atoms with E-state index in [1.807, 2.05) is 18.2 Å². The number of rotatable bonds is 4. The summed E-state index contributed by atoms with van der Waals surface area (Å²) in [7, 11) is 0. The second kappa shape index (κ2) is 7.57. The number of hydrogen-bond donors (Lipinski definition) is 2. The molecule has 1 unspecified atom stereocenters. The number of amides is 1. The van der Waals surface area contributed by atoms with E-state index in [1.54, 1.807) is 0 Å². The first-order valence-corrected chi connectivity index (χ1v) is 8.66. The quantitative estimate of drug-likeness (QED) is 0.802. The Bertz CT molecular complexity index is 473. The molecule has 2 rings (SSSR count). The molecule has 0 saturated heterocycles. The van der Waals surface area contributed by atoms with Gasteiger partial charge in [0.05, 0.1) is 5.56 Å². The Morgan fingerprint density at radius 3 is 2.65 bits per heavy atom. The van der Waals surface area contributed by atoms with Gasteiger partial charge < -0.3 is 11.1 Å². The number of carbonyl (C=O) groups excluding carboxylic acids is 1. The molecule has 0 radical (unpaired) electrons. The van der Waals surface area contributed by atoms with E-state index in [4.69, 9.17) is 5.73 Å². The van der Waals surface area contributed by atoms with Crippen LogP contribution in [0.1, 0.15) is 42.5 Å². The van der Waals surface area contributed by atoms with Gasteiger partial charge in [-0.05, 0) is 52.9 Å². The lowest BCUT2D eigenvalue weighted by atomic mass is 9.84. The summed E-state index contributed by atoms with van der Waals surface area (Å²) in [6.45, 7) is 0.502. The highest BCUT2D eigenvalue weighted by atomic mass is 79.9. The van der Waals surface area contributed by atoms with Gasteiger partial charge in [0.15, 0.2) is 0 Å². The molecular formula is C15H20Br2N2O. The summed E-state index contributed by atoms with van der Waals surface area (Å²) in [5.74, 6) is 0.461. The molecule has 0 aliphatic heterocycles. The molecule has 1 aromatic rings. The van der Waals surface area contributed by atoms with Crippen LogP contribution in [0, 0.1) is 5.92 Å². The second-order valence-electron chi connectivity index (χ2n) is 5.34. The molecule has 1 aliphatic carbocycles. The van der Waals surface area contributed by atoms with Gasteiger partial charge in [0.2, 0.25) is 0 Å². The first-order valence-electron chi connectivity index (χ1n) is 7.08. The number of hydrogen-bond acceptors (Lipinski definition) is 2. The van der Waals surface area contributed by atoms with Crippen molar-refractivity contribution in [3.05, 3.63) is 32.7 Å². The van der Waals surface area contributed by atoms with Gasteiger partial charge in [-0.3, -0.25) is 4.79 Å². The Morgan fingerprint density at radius 1 is 1.30 bits per heavy atom. The summed E-state index contributed by atoms with van der Waals surface area (Å²) in [4.78, 5) is 12.4. The summed E-state index contributed by atoms with van der Waals surface area (Å²) in [6, 6.07) is 5.68. The Morgan fingerprint density at radius 2 is 2.00 bits per heavy atom. The third kappa shape index (κ3) is 4.06. The molecule has 3 nitrogen and oxygen atoms in total. The van der Waals surface area contributed by atoms with Crippen LogP contribution in [-0.2, 0) is 0 Å². The number of nitrogens with one attached hydrogen (secondary N) is 1. The van der Waals surface area contributed by atoms with Crippen LogP contribution >= 0.6 is 31.9 Å². The monoisotopic (exact) mass is 402 g/mol. The molecule has 110 valence electrons. The molecule has 3 N–H and O–H groups in total. The van der Waals surface area contributed by atoms with Crippen LogP contribution in [0.5, 0.6) is 0 Å². The zero-order valence-electron chi connectivity index (χ0n) is 11.4. The van der Waals surface area contributed by atoms with E-state index < -0.39 is 0 Å². The van der Waals surface area contributed by atoms with Crippen molar-refractivity contribution in [2.75, 3.05) is 6.54 Å². The van der Waals surface area contributed by atoms with Crippen molar-refractivity contribution in [1.29, 1.82) is 0 Å². The van der Waals surface area contributed by atoms with Gasteiger partial charge in [-0.2, -0.15) is 0 Å². The first-order chi connectivity index (χ1) is 9.61. The highest BCUT2D eigenvalue weighted by Crippen LogP contribution is 2.27. The lowest BCUT2D eigenvalue weighted by Crippen LogP contribution is -2.46. The number of nitrogens with two attached hydrogens (primary N) is 1. The van der Waals surface area contributed by atoms with Crippen LogP contribution in [0.15, 0.2) is 27.1 Å². The molecule has 5 heteroatoms. The van der Waals surface area contributed by atoms with Gasteiger partial charge in [0, 0.05) is 21.5 Å². The molecule has 1 fully saturated rings. The lowest BCUT2D eigenvalue weighted by Gasteiger charge is -2.30. The van der Waals surface area contributed by atoms with Gasteiger partial charge in [-0.25, -0.2) is 0 Å². The average Bonchev–Trinajstić information content (AvgIpc) is 2.48. The highest BCUT2D eigenvalue weighted by Gasteiger charge is 2.24. The Labute approximate surface area is 136 Å². The van der Waals surface area contributed by atoms with Crippen molar-refractivity contribution >= 4 is 37.8 Å². The number of benzene rings is 1. The number of carbonyl (C=O) groups is 1. The van der Waals surface area contributed by atoms with Gasteiger partial charge >= 0.3 is 0 Å². The Hall–Kier alpha value is -0.390. The molecular weight excluding hydrogens is 384 g/mol. The minimum atomic E-state index is -0.0563. The van der Waals surface area contributed by atoms with E-state index in [2.05, 4.69) is 37.2 Å². The fourth-order valence-corrected chi connectivity index (χ4v) is 3.61. The second-order valence-corrected chi connectivity index (χ2v) is 7.11. The molecule has 1 atom stereocenters. The summed E-state index contributed by atoms with van der Waals surface area (Å²) in [5, 5.41) is 3.11. The largest absolute Gasteiger partial charge is 0.348 e. The molecule has 0 spiro atoms. The van der Waals surface area contributed by atoms with Gasteiger partial charge in [-0.15, -0.1) is 0 Å². The molecule has 1 saturated carbocycles. The van der Waals surface area contributed by atoms with Crippen LogP contribution in [-0.4, -0.2) is 18.5 Å². The molecule has 1 aromatic carbocycles. The molecule has 1 aliphatic rings. The van der Waals surface area contributed by atoms with Crippen LogP contribution in [0.4, 0.5) is 0 Å². The first kappa shape index (κ1) is 16.0. The minimum Gasteiger partial charge on any atom is -0.348 e. The molecule has 1 amide bonds. The topological polar surface area (TPSA) is 55.1 Å². The zero-order valence-corrected chi connectivity index (χ0v) is 14.5. The summed E-state index contributed by atoms with van der Waals surface area (Å²) in [5.41, 5.74) is 6.51. The van der Waals surface area contributed by atoms with Crippen LogP contribution in [0.3, 0.4) is 0 Å². The predicted octanol–water partition coefficient (Wildman–Crippen LogP) is 3.85. The average molecular weight is 404 g/mol. The van der Waals surface area contributed by atoms with Crippen molar-refractivity contribution in [2.24, 2.45) is 11.7 Å². The minimum absolute atomic E-state index is 0.0563. The number of halogens is 2. The van der Waals surface area contributed by atoms with Crippen molar-refractivity contribution in [3.63, 3.8) is 0 Å². The van der Waals surface area contributed by atoms with Crippen molar-refractivity contribution in [3.8, 4) is 0 Å². The van der Waals surface area contributed by atoms with Crippen LogP contribution < -0.4 is 11.1 Å². The van der Waals surface area contributed by atoms with E-state index in [0.717, 1.165) is 8.95 Å². The molecule has 0 aromatic heterocycles. The maximum atomic E-state index is 12.4. The van der Waals surface area contributed by atoms with E-state index >= 15 is 0 Å². The zero-order chi connectivity index (χ0) is 14.5. The van der Waals surface area contributed by atoms with E-state index in [1.165, 1.54) is 32.1 Å². The Kier molecular flexibility index (Phi) is 6.05. The third-order valence-corrected chi connectivity index (χ3v) is 5.15. The van der Waals surface area contributed by atoms with Crippen LogP contribution in [0.25, 0.3) is 0 Å². The smallest absolute Gasteiger partial charge is 0.252 e. The van der Waals surface area contributed by atoms with Gasteiger partial charge in [0.1, 0.15) is 0 Å². The van der Waals surface area contributed by atoms with E-state index in [9.17, 15) is 4.79 Å². The fraction of sp³-hybridized carbons (Fsp3) is 0.533. The summed E-state index contributed by atoms with van der Waals surface area (Å²) in [6.07, 6.45) is 6.14. The highest BCUT2D eigenvalue weighted by molar-refractivity contribution is 9.11. The summed E-state index contributed by atoms with van der Waals surface area (Å²) < 4.78 is 1.70. The van der Waals surface area contributed by atoms with Crippen molar-refractivity contribution in [1.82, 2.24) is 5.32 Å². The lowest BCUT2D eigenvalue weighted by molar-refractivity contribution is 0.0914. The van der Waals surface area contributed by atoms with E-state index in [-0.39, 0.29) is 11.9 Å². The SMILES string of the molecule is NCC(NC(=O)c1cc(Br)ccc1Br)C1CCCCC1. The summed E-state index contributed by atoms with van der Waals surface area (Å²) >= 11 is 6.82. The fourth-order valence-electron chi connectivity index (χ4n) is 2.82. The molecule has 20 heavy (non-hydrogen) atoms. The maximum Gasteiger partial charge on any atom is 0.252 e.